The van der Waals surface area contributed by atoms with Gasteiger partial charge in [0.25, 0.3) is 0 Å². The van der Waals surface area contributed by atoms with Crippen LogP contribution in [0.3, 0.4) is 0 Å². The zero-order valence-electron chi connectivity index (χ0n) is 10.1. The molecule has 1 fully saturated rings. The van der Waals surface area contributed by atoms with E-state index in [-0.39, 0.29) is 12.4 Å². The fraction of sp³-hybridized carbons (Fsp3) is 0.571. The van der Waals surface area contributed by atoms with Crippen molar-refractivity contribution in [3.05, 3.63) is 30.1 Å². The Balaban J connectivity index is 1.70. The second-order valence-electron chi connectivity index (χ2n) is 4.68. The summed E-state index contributed by atoms with van der Waals surface area (Å²) in [5.74, 6) is 0.422. The molecule has 1 aromatic rings. The minimum absolute atomic E-state index is 0.158. The Bertz CT molecular complexity index is 344. The fourth-order valence-corrected chi connectivity index (χ4v) is 2.27. The van der Waals surface area contributed by atoms with Crippen molar-refractivity contribution in [1.82, 2.24) is 4.98 Å². The summed E-state index contributed by atoms with van der Waals surface area (Å²) in [5, 5.41) is 0. The van der Waals surface area contributed by atoms with Crippen LogP contribution in [0, 0.1) is 5.92 Å². The molecule has 1 heterocycles. The number of rotatable bonds is 4. The van der Waals surface area contributed by atoms with Crippen LogP contribution in [0.25, 0.3) is 0 Å². The molecule has 3 nitrogen and oxygen atoms in total. The molecule has 17 heavy (non-hydrogen) atoms. The predicted octanol–water partition coefficient (Wildman–Crippen LogP) is 2.75. The van der Waals surface area contributed by atoms with Gasteiger partial charge in [-0.2, -0.15) is 0 Å². The van der Waals surface area contributed by atoms with Crippen LogP contribution in [0.1, 0.15) is 37.8 Å². The van der Waals surface area contributed by atoms with Gasteiger partial charge in [-0.15, -0.1) is 0 Å². The van der Waals surface area contributed by atoms with Gasteiger partial charge in [0.1, 0.15) is 0 Å². The number of carbonyl (C=O) groups excluding carboxylic acids is 1. The lowest BCUT2D eigenvalue weighted by molar-refractivity contribution is -0.144. The Morgan fingerprint density at radius 3 is 2.82 bits per heavy atom. The van der Waals surface area contributed by atoms with Crippen LogP contribution in [0.4, 0.5) is 0 Å². The van der Waals surface area contributed by atoms with E-state index in [1.165, 1.54) is 32.1 Å². The fourth-order valence-electron chi connectivity index (χ4n) is 2.27. The molecule has 0 aliphatic heterocycles. The van der Waals surface area contributed by atoms with Crippen LogP contribution in [0.15, 0.2) is 24.4 Å². The van der Waals surface area contributed by atoms with Gasteiger partial charge in [0.2, 0.25) is 0 Å². The molecule has 0 radical (unpaired) electrons. The van der Waals surface area contributed by atoms with Crippen LogP contribution in [-0.4, -0.2) is 17.6 Å². The summed E-state index contributed by atoms with van der Waals surface area (Å²) >= 11 is 0. The van der Waals surface area contributed by atoms with Gasteiger partial charge in [-0.25, -0.2) is 0 Å². The molecule has 0 N–H and O–H groups in total. The van der Waals surface area contributed by atoms with Gasteiger partial charge in [0, 0.05) is 6.20 Å². The Labute approximate surface area is 102 Å². The quantitative estimate of drug-likeness (QED) is 0.751. The van der Waals surface area contributed by atoms with Crippen LogP contribution < -0.4 is 0 Å². The summed E-state index contributed by atoms with van der Waals surface area (Å²) in [6.07, 6.45) is 8.29. The minimum atomic E-state index is -0.158. The lowest BCUT2D eigenvalue weighted by Crippen LogP contribution is -2.18. The molecule has 2 rings (SSSR count). The summed E-state index contributed by atoms with van der Waals surface area (Å²) in [5.41, 5.74) is 0.779. The molecular weight excluding hydrogens is 214 g/mol. The Morgan fingerprint density at radius 1 is 1.29 bits per heavy atom. The van der Waals surface area contributed by atoms with Gasteiger partial charge in [0.05, 0.1) is 18.7 Å². The zero-order chi connectivity index (χ0) is 11.9. The largest absolute Gasteiger partial charge is 0.465 e. The van der Waals surface area contributed by atoms with Gasteiger partial charge in [0.15, 0.2) is 0 Å². The Hall–Kier alpha value is -1.38. The molecule has 1 saturated carbocycles. The Morgan fingerprint density at radius 2 is 2.12 bits per heavy atom. The van der Waals surface area contributed by atoms with Crippen molar-refractivity contribution in [2.75, 3.05) is 6.61 Å². The number of ether oxygens (including phenoxy) is 1. The maximum atomic E-state index is 11.6. The van der Waals surface area contributed by atoms with E-state index in [9.17, 15) is 4.79 Å². The molecule has 92 valence electrons. The lowest BCUT2D eigenvalue weighted by Gasteiger charge is -2.20. The molecule has 1 aliphatic rings. The predicted molar refractivity (Wildman–Crippen MR) is 65.5 cm³/mol. The number of nitrogens with zero attached hydrogens (tertiary/aromatic N) is 1. The van der Waals surface area contributed by atoms with E-state index < -0.39 is 0 Å². The molecular formula is C14H19NO2. The van der Waals surface area contributed by atoms with E-state index in [0.29, 0.717) is 12.5 Å². The average Bonchev–Trinajstić information content (AvgIpc) is 2.39. The smallest absolute Gasteiger partial charge is 0.311 e. The summed E-state index contributed by atoms with van der Waals surface area (Å²) < 4.78 is 5.31. The third-order valence-corrected chi connectivity index (χ3v) is 3.26. The second-order valence-corrected chi connectivity index (χ2v) is 4.68. The lowest BCUT2D eigenvalue weighted by atomic mass is 9.90. The molecule has 0 spiro atoms. The highest BCUT2D eigenvalue weighted by molar-refractivity contribution is 5.71. The van der Waals surface area contributed by atoms with E-state index in [2.05, 4.69) is 4.98 Å². The number of hydrogen-bond acceptors (Lipinski definition) is 3. The molecule has 0 bridgehead atoms. The molecule has 0 saturated heterocycles. The van der Waals surface area contributed by atoms with Crippen molar-refractivity contribution in [2.24, 2.45) is 5.92 Å². The SMILES string of the molecule is O=C(Cc1ccccn1)OCC1CCCCC1. The molecule has 0 atom stereocenters. The van der Waals surface area contributed by atoms with E-state index >= 15 is 0 Å². The first-order chi connectivity index (χ1) is 8.34. The number of carbonyl (C=O) groups is 1. The number of hydrogen-bond donors (Lipinski definition) is 0. The van der Waals surface area contributed by atoms with E-state index in [0.717, 1.165) is 5.69 Å². The third-order valence-electron chi connectivity index (χ3n) is 3.26. The Kier molecular flexibility index (Phi) is 4.54. The van der Waals surface area contributed by atoms with Crippen molar-refractivity contribution in [3.63, 3.8) is 0 Å². The van der Waals surface area contributed by atoms with Gasteiger partial charge in [-0.1, -0.05) is 25.3 Å². The van der Waals surface area contributed by atoms with Crippen LogP contribution in [0.5, 0.6) is 0 Å². The molecule has 3 heteroatoms. The molecule has 0 aromatic carbocycles. The van der Waals surface area contributed by atoms with Gasteiger partial charge in [-0.05, 0) is 30.9 Å². The standard InChI is InChI=1S/C14H19NO2/c16-14(10-13-8-4-5-9-15-13)17-11-12-6-2-1-3-7-12/h4-5,8-9,12H,1-3,6-7,10-11H2. The molecule has 1 aliphatic carbocycles. The van der Waals surface area contributed by atoms with Crippen molar-refractivity contribution in [3.8, 4) is 0 Å². The monoisotopic (exact) mass is 233 g/mol. The highest BCUT2D eigenvalue weighted by Crippen LogP contribution is 2.23. The number of aromatic nitrogens is 1. The minimum Gasteiger partial charge on any atom is -0.465 e. The third kappa shape index (κ3) is 4.17. The van der Waals surface area contributed by atoms with Crippen LogP contribution in [0.2, 0.25) is 0 Å². The molecule has 0 amide bonds. The van der Waals surface area contributed by atoms with Crippen molar-refractivity contribution in [2.45, 2.75) is 38.5 Å². The zero-order valence-corrected chi connectivity index (χ0v) is 10.1. The molecule has 1 aromatic heterocycles. The first-order valence-electron chi connectivity index (χ1n) is 6.40. The van der Waals surface area contributed by atoms with E-state index in [4.69, 9.17) is 4.74 Å². The normalized spacial score (nSPS) is 16.7. The first-order valence-corrected chi connectivity index (χ1v) is 6.40. The number of pyridine rings is 1. The van der Waals surface area contributed by atoms with E-state index in [1.807, 2.05) is 18.2 Å². The van der Waals surface area contributed by atoms with Gasteiger partial charge >= 0.3 is 5.97 Å². The van der Waals surface area contributed by atoms with Gasteiger partial charge in [-0.3, -0.25) is 9.78 Å². The summed E-state index contributed by atoms with van der Waals surface area (Å²) in [4.78, 5) is 15.7. The average molecular weight is 233 g/mol. The summed E-state index contributed by atoms with van der Waals surface area (Å²) in [6, 6.07) is 5.58. The first kappa shape index (κ1) is 12.1. The summed E-state index contributed by atoms with van der Waals surface area (Å²) in [6.45, 7) is 0.589. The highest BCUT2D eigenvalue weighted by atomic mass is 16.5. The van der Waals surface area contributed by atoms with Gasteiger partial charge < -0.3 is 4.74 Å². The maximum Gasteiger partial charge on any atom is 0.311 e. The van der Waals surface area contributed by atoms with Crippen LogP contribution >= 0.6 is 0 Å². The van der Waals surface area contributed by atoms with Crippen molar-refractivity contribution >= 4 is 5.97 Å². The van der Waals surface area contributed by atoms with Crippen LogP contribution in [-0.2, 0) is 16.0 Å². The van der Waals surface area contributed by atoms with Crippen molar-refractivity contribution in [1.29, 1.82) is 0 Å². The molecule has 0 unspecified atom stereocenters. The second kappa shape index (κ2) is 6.38. The maximum absolute atomic E-state index is 11.6. The number of esters is 1. The highest BCUT2D eigenvalue weighted by Gasteiger charge is 2.15. The summed E-state index contributed by atoms with van der Waals surface area (Å²) in [7, 11) is 0. The van der Waals surface area contributed by atoms with E-state index in [1.54, 1.807) is 6.20 Å². The topological polar surface area (TPSA) is 39.2 Å². The van der Waals surface area contributed by atoms with Crippen molar-refractivity contribution < 1.29 is 9.53 Å².